The summed E-state index contributed by atoms with van der Waals surface area (Å²) < 4.78 is 19.0. The molecule has 1 aromatic heterocycles. The van der Waals surface area contributed by atoms with E-state index in [0.717, 1.165) is 18.5 Å². The largest absolute Gasteiger partial charge is 0.453 e. The van der Waals surface area contributed by atoms with E-state index in [4.69, 9.17) is 16.0 Å². The minimum Gasteiger partial charge on any atom is -0.453 e. The highest BCUT2D eigenvalue weighted by molar-refractivity contribution is 6.29. The van der Waals surface area contributed by atoms with Gasteiger partial charge in [0.05, 0.1) is 12.3 Å². The fourth-order valence-corrected chi connectivity index (χ4v) is 2.12. The van der Waals surface area contributed by atoms with Gasteiger partial charge in [0.1, 0.15) is 5.82 Å². The van der Waals surface area contributed by atoms with Gasteiger partial charge in [-0.2, -0.15) is 0 Å². The van der Waals surface area contributed by atoms with Crippen LogP contribution < -0.4 is 5.32 Å². The summed E-state index contributed by atoms with van der Waals surface area (Å²) in [7, 11) is 0. The van der Waals surface area contributed by atoms with E-state index in [9.17, 15) is 4.39 Å². The predicted octanol–water partition coefficient (Wildman–Crippen LogP) is 4.16. The van der Waals surface area contributed by atoms with Crippen LogP contribution in [0.1, 0.15) is 30.5 Å². The van der Waals surface area contributed by atoms with Gasteiger partial charge in [0, 0.05) is 11.1 Å². The van der Waals surface area contributed by atoms with Crippen molar-refractivity contribution in [3.63, 3.8) is 0 Å². The van der Waals surface area contributed by atoms with Crippen LogP contribution in [0.4, 0.5) is 4.39 Å². The van der Waals surface area contributed by atoms with E-state index >= 15 is 0 Å². The fourth-order valence-electron chi connectivity index (χ4n) is 1.90. The Balaban J connectivity index is 2.37. The minimum atomic E-state index is -0.280. The summed E-state index contributed by atoms with van der Waals surface area (Å²) in [4.78, 5) is 0. The first-order valence-corrected chi connectivity index (χ1v) is 6.32. The molecule has 18 heavy (non-hydrogen) atoms. The molecule has 1 unspecified atom stereocenters. The van der Waals surface area contributed by atoms with Gasteiger partial charge in [-0.05, 0) is 36.7 Å². The van der Waals surface area contributed by atoms with E-state index < -0.39 is 0 Å². The lowest BCUT2D eigenvalue weighted by Gasteiger charge is -2.18. The SMILES string of the molecule is CCCNC(c1ccccc1F)c1ccoc1Cl. The van der Waals surface area contributed by atoms with Crippen LogP contribution in [0.25, 0.3) is 0 Å². The zero-order valence-corrected chi connectivity index (χ0v) is 10.9. The summed E-state index contributed by atoms with van der Waals surface area (Å²) in [6.45, 7) is 2.84. The molecule has 0 aliphatic carbocycles. The number of rotatable bonds is 5. The lowest BCUT2D eigenvalue weighted by Crippen LogP contribution is -2.24. The van der Waals surface area contributed by atoms with Gasteiger partial charge in [-0.1, -0.05) is 25.1 Å². The first kappa shape index (κ1) is 13.1. The van der Waals surface area contributed by atoms with Crippen LogP contribution in [-0.2, 0) is 0 Å². The van der Waals surface area contributed by atoms with Gasteiger partial charge in [0.25, 0.3) is 0 Å². The number of hydrogen-bond donors (Lipinski definition) is 1. The van der Waals surface area contributed by atoms with Crippen molar-refractivity contribution in [2.45, 2.75) is 19.4 Å². The van der Waals surface area contributed by atoms with Crippen molar-refractivity contribution in [1.82, 2.24) is 5.32 Å². The highest BCUT2D eigenvalue weighted by Crippen LogP contribution is 2.30. The average molecular weight is 268 g/mol. The van der Waals surface area contributed by atoms with Crippen molar-refractivity contribution >= 4 is 11.6 Å². The fraction of sp³-hybridized carbons (Fsp3) is 0.286. The number of halogens is 2. The maximum Gasteiger partial charge on any atom is 0.198 e. The number of nitrogens with one attached hydrogen (secondary N) is 1. The summed E-state index contributed by atoms with van der Waals surface area (Å²) in [6, 6.07) is 8.18. The van der Waals surface area contributed by atoms with Gasteiger partial charge < -0.3 is 9.73 Å². The zero-order valence-electron chi connectivity index (χ0n) is 10.1. The molecule has 2 nitrogen and oxygen atoms in total. The highest BCUT2D eigenvalue weighted by Gasteiger charge is 2.20. The summed E-state index contributed by atoms with van der Waals surface area (Å²) in [5.74, 6) is -0.247. The van der Waals surface area contributed by atoms with Gasteiger partial charge in [-0.3, -0.25) is 0 Å². The Morgan fingerprint density at radius 3 is 2.67 bits per heavy atom. The number of hydrogen-bond acceptors (Lipinski definition) is 2. The molecular formula is C14H15ClFNO. The van der Waals surface area contributed by atoms with E-state index in [1.54, 1.807) is 18.2 Å². The summed E-state index contributed by atoms with van der Waals surface area (Å²) >= 11 is 5.99. The molecule has 1 N–H and O–H groups in total. The van der Waals surface area contributed by atoms with Crippen molar-refractivity contribution in [2.24, 2.45) is 0 Å². The van der Waals surface area contributed by atoms with Gasteiger partial charge in [-0.15, -0.1) is 0 Å². The Bertz CT molecular complexity index is 512. The van der Waals surface area contributed by atoms with E-state index in [0.29, 0.717) is 10.8 Å². The molecule has 0 radical (unpaired) electrons. The predicted molar refractivity (Wildman–Crippen MR) is 70.3 cm³/mol. The lowest BCUT2D eigenvalue weighted by molar-refractivity contribution is 0.531. The minimum absolute atomic E-state index is 0.247. The third kappa shape index (κ3) is 2.74. The zero-order chi connectivity index (χ0) is 13.0. The van der Waals surface area contributed by atoms with E-state index in [-0.39, 0.29) is 11.9 Å². The molecule has 1 heterocycles. The first-order valence-electron chi connectivity index (χ1n) is 5.94. The van der Waals surface area contributed by atoms with Crippen molar-refractivity contribution in [3.8, 4) is 0 Å². The second-order valence-electron chi connectivity index (χ2n) is 4.06. The quantitative estimate of drug-likeness (QED) is 0.880. The Hall–Kier alpha value is -1.32. The topological polar surface area (TPSA) is 25.2 Å². The first-order chi connectivity index (χ1) is 8.74. The van der Waals surface area contributed by atoms with E-state index in [1.807, 2.05) is 6.07 Å². The van der Waals surface area contributed by atoms with Crippen LogP contribution >= 0.6 is 11.6 Å². The van der Waals surface area contributed by atoms with Crippen molar-refractivity contribution in [1.29, 1.82) is 0 Å². The van der Waals surface area contributed by atoms with E-state index in [2.05, 4.69) is 12.2 Å². The van der Waals surface area contributed by atoms with Crippen LogP contribution in [0, 0.1) is 5.82 Å². The van der Waals surface area contributed by atoms with Crippen LogP contribution in [0.15, 0.2) is 41.0 Å². The monoisotopic (exact) mass is 267 g/mol. The molecule has 0 aliphatic heterocycles. The molecule has 0 bridgehead atoms. The molecule has 1 atom stereocenters. The van der Waals surface area contributed by atoms with E-state index in [1.165, 1.54) is 12.3 Å². The molecule has 0 amide bonds. The molecule has 0 saturated carbocycles. The van der Waals surface area contributed by atoms with Crippen molar-refractivity contribution in [3.05, 3.63) is 58.8 Å². The Morgan fingerprint density at radius 1 is 1.28 bits per heavy atom. The molecule has 2 aromatic rings. The molecule has 0 spiro atoms. The Kier molecular flexibility index (Phi) is 4.39. The number of furan rings is 1. The molecule has 0 fully saturated rings. The van der Waals surface area contributed by atoms with Gasteiger partial charge >= 0.3 is 0 Å². The van der Waals surface area contributed by atoms with Crippen molar-refractivity contribution in [2.75, 3.05) is 6.54 Å². The van der Waals surface area contributed by atoms with Crippen molar-refractivity contribution < 1.29 is 8.81 Å². The third-order valence-electron chi connectivity index (χ3n) is 2.77. The second kappa shape index (κ2) is 6.03. The maximum atomic E-state index is 13.9. The average Bonchev–Trinajstić information content (AvgIpc) is 2.78. The molecular weight excluding hydrogens is 253 g/mol. The molecule has 0 saturated heterocycles. The summed E-state index contributed by atoms with van der Waals surface area (Å²) in [6.07, 6.45) is 2.47. The van der Waals surface area contributed by atoms with Crippen LogP contribution in [-0.4, -0.2) is 6.54 Å². The molecule has 2 rings (SSSR count). The Labute approximate surface area is 111 Å². The standard InChI is InChI=1S/C14H15ClFNO/c1-2-8-17-13(11-7-9-18-14(11)15)10-5-3-4-6-12(10)16/h3-7,9,13,17H,2,8H2,1H3. The smallest absolute Gasteiger partial charge is 0.198 e. The van der Waals surface area contributed by atoms with Gasteiger partial charge in [0.2, 0.25) is 0 Å². The molecule has 96 valence electrons. The lowest BCUT2D eigenvalue weighted by atomic mass is 10.0. The van der Waals surface area contributed by atoms with Crippen LogP contribution in [0.5, 0.6) is 0 Å². The molecule has 1 aromatic carbocycles. The van der Waals surface area contributed by atoms with Crippen LogP contribution in [0.2, 0.25) is 5.22 Å². The van der Waals surface area contributed by atoms with Gasteiger partial charge in [-0.25, -0.2) is 4.39 Å². The number of benzene rings is 1. The third-order valence-corrected chi connectivity index (χ3v) is 3.08. The van der Waals surface area contributed by atoms with Crippen LogP contribution in [0.3, 0.4) is 0 Å². The molecule has 4 heteroatoms. The molecule has 0 aliphatic rings. The summed E-state index contributed by atoms with van der Waals surface area (Å²) in [5.41, 5.74) is 1.34. The highest BCUT2D eigenvalue weighted by atomic mass is 35.5. The maximum absolute atomic E-state index is 13.9. The van der Waals surface area contributed by atoms with Gasteiger partial charge in [0.15, 0.2) is 5.22 Å². The normalized spacial score (nSPS) is 12.6. The Morgan fingerprint density at radius 2 is 2.06 bits per heavy atom. The second-order valence-corrected chi connectivity index (χ2v) is 4.40. The summed E-state index contributed by atoms with van der Waals surface area (Å²) in [5, 5.41) is 3.58.